The molecule has 2 aromatic heterocycles. The molecule has 0 aliphatic heterocycles. The van der Waals surface area contributed by atoms with Crippen molar-refractivity contribution in [2.24, 2.45) is 0 Å². The van der Waals surface area contributed by atoms with E-state index >= 15 is 0 Å². The molecule has 2 heterocycles. The van der Waals surface area contributed by atoms with E-state index in [2.05, 4.69) is 15.5 Å². The predicted octanol–water partition coefficient (Wildman–Crippen LogP) is 9.12. The van der Waals surface area contributed by atoms with E-state index in [0.717, 1.165) is 44.1 Å². The van der Waals surface area contributed by atoms with Crippen molar-refractivity contribution in [3.8, 4) is 28.3 Å². The number of rotatable bonds is 10. The number of carboxylic acid groups (broad SMARTS) is 1. The number of amides is 1. The topological polar surface area (TPSA) is 126 Å². The van der Waals surface area contributed by atoms with Crippen LogP contribution in [-0.2, 0) is 13.1 Å². The summed E-state index contributed by atoms with van der Waals surface area (Å²) < 4.78 is 31.3. The molecule has 0 saturated heterocycles. The van der Waals surface area contributed by atoms with E-state index in [0.29, 0.717) is 36.3 Å². The van der Waals surface area contributed by atoms with Gasteiger partial charge in [0, 0.05) is 46.4 Å². The molecule has 0 unspecified atom stereocenters. The summed E-state index contributed by atoms with van der Waals surface area (Å²) in [6, 6.07) is 40.9. The summed E-state index contributed by atoms with van der Waals surface area (Å²) in [5.74, 6) is -1.70. The zero-order valence-corrected chi connectivity index (χ0v) is 29.9. The van der Waals surface area contributed by atoms with E-state index in [1.165, 1.54) is 12.1 Å². The van der Waals surface area contributed by atoms with Crippen LogP contribution in [0.5, 0.6) is 0 Å². The summed E-state index contributed by atoms with van der Waals surface area (Å²) >= 11 is 0. The van der Waals surface area contributed by atoms with E-state index in [1.807, 2.05) is 79.1 Å². The summed E-state index contributed by atoms with van der Waals surface area (Å²) in [7, 11) is 0. The molecule has 0 radical (unpaired) electrons. The number of aromatic nitrogens is 4. The Balaban J connectivity index is 0.000000173. The largest absolute Gasteiger partial charge is 0.478 e. The zero-order chi connectivity index (χ0) is 39.0. The Morgan fingerprint density at radius 3 is 1.62 bits per heavy atom. The van der Waals surface area contributed by atoms with Crippen LogP contribution in [0.1, 0.15) is 38.3 Å². The molecule has 0 aliphatic rings. The van der Waals surface area contributed by atoms with Gasteiger partial charge in [-0.3, -0.25) is 14.2 Å². The molecular formula is C45H34F2N6O3. The first-order valence-electron chi connectivity index (χ1n) is 17.8. The van der Waals surface area contributed by atoms with Crippen LogP contribution < -0.4 is 5.32 Å². The predicted molar refractivity (Wildman–Crippen MR) is 211 cm³/mol. The lowest BCUT2D eigenvalue weighted by Gasteiger charge is -2.07. The second kappa shape index (κ2) is 16.7. The van der Waals surface area contributed by atoms with Crippen molar-refractivity contribution in [1.82, 2.24) is 24.9 Å². The van der Waals surface area contributed by atoms with Gasteiger partial charge in [0.15, 0.2) is 0 Å². The first-order valence-corrected chi connectivity index (χ1v) is 17.8. The SMILES string of the molecule is N#CCCNC(=O)c1cccc(-c2cccc3nn(Cc4ccccc4F)cc23)c1.O=C(O)c1cccc(-c2cccc3nn(Cc4ccccc4F)cc23)c1. The maximum Gasteiger partial charge on any atom is 0.335 e. The molecule has 276 valence electrons. The molecule has 8 aromatic rings. The highest BCUT2D eigenvalue weighted by molar-refractivity contribution is 5.99. The third-order valence-corrected chi connectivity index (χ3v) is 9.15. The number of nitrogens with zero attached hydrogens (tertiary/aromatic N) is 5. The number of nitrogens with one attached hydrogen (secondary N) is 1. The normalized spacial score (nSPS) is 10.8. The third kappa shape index (κ3) is 8.35. The van der Waals surface area contributed by atoms with Crippen molar-refractivity contribution >= 4 is 33.7 Å². The van der Waals surface area contributed by atoms with E-state index in [9.17, 15) is 23.5 Å². The number of carboxylic acids is 1. The van der Waals surface area contributed by atoms with Gasteiger partial charge in [-0.05, 0) is 70.8 Å². The van der Waals surface area contributed by atoms with Gasteiger partial charge >= 0.3 is 5.97 Å². The molecule has 11 heteroatoms. The smallest absolute Gasteiger partial charge is 0.335 e. The number of hydrogen-bond acceptors (Lipinski definition) is 5. The fourth-order valence-corrected chi connectivity index (χ4v) is 6.43. The highest BCUT2D eigenvalue weighted by Crippen LogP contribution is 2.30. The Bertz CT molecular complexity index is 2750. The maximum absolute atomic E-state index is 14.0. The molecule has 6 aromatic carbocycles. The third-order valence-electron chi connectivity index (χ3n) is 9.15. The number of aromatic carboxylic acids is 1. The number of fused-ring (bicyclic) bond motifs is 2. The quantitative estimate of drug-likeness (QED) is 0.135. The average Bonchev–Trinajstić information content (AvgIpc) is 3.83. The Kier molecular flexibility index (Phi) is 11.0. The van der Waals surface area contributed by atoms with E-state index in [1.54, 1.807) is 70.0 Å². The minimum absolute atomic E-state index is 0.213. The summed E-state index contributed by atoms with van der Waals surface area (Å²) in [4.78, 5) is 23.6. The average molecular weight is 745 g/mol. The minimum atomic E-state index is -0.964. The molecule has 0 spiro atoms. The maximum atomic E-state index is 14.0. The molecule has 0 saturated carbocycles. The summed E-state index contributed by atoms with van der Waals surface area (Å²) in [5.41, 5.74) is 7.01. The first-order chi connectivity index (χ1) is 27.3. The van der Waals surface area contributed by atoms with Gasteiger partial charge in [-0.25, -0.2) is 13.6 Å². The van der Waals surface area contributed by atoms with E-state index in [-0.39, 0.29) is 29.5 Å². The van der Waals surface area contributed by atoms with E-state index in [4.69, 9.17) is 5.26 Å². The van der Waals surface area contributed by atoms with Gasteiger partial charge in [-0.1, -0.05) is 84.9 Å². The summed E-state index contributed by atoms with van der Waals surface area (Å²) in [5, 5.41) is 31.5. The zero-order valence-electron chi connectivity index (χ0n) is 29.9. The molecular weight excluding hydrogens is 711 g/mol. The highest BCUT2D eigenvalue weighted by atomic mass is 19.1. The van der Waals surface area contributed by atoms with Crippen LogP contribution in [0.3, 0.4) is 0 Å². The van der Waals surface area contributed by atoms with Crippen LogP contribution in [0.15, 0.2) is 146 Å². The Hall–Kier alpha value is -7.45. The van der Waals surface area contributed by atoms with Crippen LogP contribution in [0.4, 0.5) is 8.78 Å². The van der Waals surface area contributed by atoms with Crippen molar-refractivity contribution in [1.29, 1.82) is 5.26 Å². The second-order valence-corrected chi connectivity index (χ2v) is 12.9. The van der Waals surface area contributed by atoms with Gasteiger partial charge in [-0.15, -0.1) is 0 Å². The fraction of sp³-hybridized carbons (Fsp3) is 0.0889. The van der Waals surface area contributed by atoms with Crippen LogP contribution in [0.25, 0.3) is 44.1 Å². The van der Waals surface area contributed by atoms with Crippen molar-refractivity contribution in [2.75, 3.05) is 6.54 Å². The molecule has 0 fully saturated rings. The molecule has 56 heavy (non-hydrogen) atoms. The Morgan fingerprint density at radius 1 is 0.643 bits per heavy atom. The molecule has 1 amide bonds. The number of halogens is 2. The standard InChI is InChI=1S/C24H19FN4O.C21H15FN2O2/c25-22-10-2-1-6-19(22)15-29-16-21-20(9-4-11-23(21)28-29)17-7-3-8-18(14-17)24(30)27-13-5-12-26;22-19-9-2-1-5-16(19)12-24-13-18-17(8-4-10-20(18)23-24)14-6-3-7-15(11-14)21(25)26/h1-4,6-11,14,16H,5,13,15H2,(H,27,30);1-11,13H,12H2,(H,25,26). The molecule has 8 rings (SSSR count). The van der Waals surface area contributed by atoms with Crippen molar-refractivity contribution < 1.29 is 23.5 Å². The Labute approximate surface area is 320 Å². The summed E-state index contributed by atoms with van der Waals surface area (Å²) in [6.45, 7) is 0.982. The van der Waals surface area contributed by atoms with Crippen LogP contribution >= 0.6 is 0 Å². The van der Waals surface area contributed by atoms with Crippen molar-refractivity contribution in [3.05, 3.63) is 180 Å². The molecule has 2 N–H and O–H groups in total. The first kappa shape index (κ1) is 36.9. The van der Waals surface area contributed by atoms with Gasteiger partial charge in [0.1, 0.15) is 11.6 Å². The lowest BCUT2D eigenvalue weighted by molar-refractivity contribution is 0.0696. The van der Waals surface area contributed by atoms with Gasteiger partial charge in [0.25, 0.3) is 5.91 Å². The lowest BCUT2D eigenvalue weighted by Crippen LogP contribution is -2.24. The highest BCUT2D eigenvalue weighted by Gasteiger charge is 2.13. The number of carbonyl (C=O) groups excluding carboxylic acids is 1. The van der Waals surface area contributed by atoms with E-state index < -0.39 is 5.97 Å². The molecule has 0 bridgehead atoms. The number of benzene rings is 6. The number of hydrogen-bond donors (Lipinski definition) is 2. The minimum Gasteiger partial charge on any atom is -0.478 e. The molecule has 0 atom stereocenters. The van der Waals surface area contributed by atoms with Gasteiger partial charge in [0.2, 0.25) is 0 Å². The van der Waals surface area contributed by atoms with Crippen molar-refractivity contribution in [2.45, 2.75) is 19.5 Å². The number of nitriles is 1. The van der Waals surface area contributed by atoms with Gasteiger partial charge < -0.3 is 10.4 Å². The summed E-state index contributed by atoms with van der Waals surface area (Å²) in [6.07, 6.45) is 4.03. The Morgan fingerprint density at radius 2 is 1.12 bits per heavy atom. The van der Waals surface area contributed by atoms with Crippen LogP contribution in [0.2, 0.25) is 0 Å². The second-order valence-electron chi connectivity index (χ2n) is 12.9. The molecule has 9 nitrogen and oxygen atoms in total. The lowest BCUT2D eigenvalue weighted by atomic mass is 10.00. The van der Waals surface area contributed by atoms with Crippen molar-refractivity contribution in [3.63, 3.8) is 0 Å². The molecule has 0 aliphatic carbocycles. The van der Waals surface area contributed by atoms with Gasteiger partial charge in [0.05, 0.1) is 42.2 Å². The monoisotopic (exact) mass is 744 g/mol. The van der Waals surface area contributed by atoms with Crippen LogP contribution in [-0.4, -0.2) is 43.1 Å². The van der Waals surface area contributed by atoms with Gasteiger partial charge in [-0.2, -0.15) is 15.5 Å². The number of carbonyl (C=O) groups is 2. The van der Waals surface area contributed by atoms with Crippen LogP contribution in [0, 0.1) is 23.0 Å². The fourth-order valence-electron chi connectivity index (χ4n) is 6.43.